The van der Waals surface area contributed by atoms with Gasteiger partial charge in [-0.3, -0.25) is 0 Å². The molecule has 0 saturated carbocycles. The molecule has 6 aromatic carbocycles. The molecule has 0 unspecified atom stereocenters. The number of nitrogens with one attached hydrogen (secondary N) is 1. The van der Waals surface area contributed by atoms with E-state index >= 15 is 0 Å². The third-order valence-electron chi connectivity index (χ3n) is 18.2. The van der Waals surface area contributed by atoms with Gasteiger partial charge in [-0.1, -0.05) is 169 Å². The van der Waals surface area contributed by atoms with Gasteiger partial charge in [0, 0.05) is 34.0 Å². The molecule has 6 aromatic rings. The highest BCUT2D eigenvalue weighted by atomic mass is 15.2. The molecule has 2 nitrogen and oxygen atoms in total. The molecule has 0 aromatic heterocycles. The molecule has 1 heterocycles. The second-order valence-electron chi connectivity index (χ2n) is 26.1. The Morgan fingerprint density at radius 2 is 0.971 bits per heavy atom. The van der Waals surface area contributed by atoms with E-state index in [0.717, 1.165) is 19.4 Å². The molecule has 358 valence electrons. The van der Waals surface area contributed by atoms with Crippen LogP contribution in [0.2, 0.25) is 0 Å². The van der Waals surface area contributed by atoms with Crippen molar-refractivity contribution in [3.05, 3.63) is 148 Å². The maximum atomic E-state index is 4.11. The Bertz CT molecular complexity index is 2930. The number of unbranched alkanes of at least 4 members (excludes halogenated alkanes) is 2. The third kappa shape index (κ3) is 8.40. The molecule has 0 bridgehead atoms. The van der Waals surface area contributed by atoms with Gasteiger partial charge in [-0.15, -0.1) is 0 Å². The average molecular weight is 913 g/mol. The highest BCUT2D eigenvalue weighted by Crippen LogP contribution is 2.54. The van der Waals surface area contributed by atoms with Crippen LogP contribution >= 0.6 is 0 Å². The molecule has 0 spiro atoms. The summed E-state index contributed by atoms with van der Waals surface area (Å²) in [4.78, 5) is 2.77. The fourth-order valence-corrected chi connectivity index (χ4v) is 13.1. The van der Waals surface area contributed by atoms with E-state index in [-0.39, 0.29) is 32.5 Å². The number of aryl methyl sites for hydroxylation is 2. The van der Waals surface area contributed by atoms with Gasteiger partial charge in [-0.25, -0.2) is 0 Å². The summed E-state index contributed by atoms with van der Waals surface area (Å²) >= 11 is 0. The monoisotopic (exact) mass is 913 g/mol. The summed E-state index contributed by atoms with van der Waals surface area (Å²) in [5.74, 6) is 0. The van der Waals surface area contributed by atoms with Crippen molar-refractivity contribution < 1.29 is 0 Å². The van der Waals surface area contributed by atoms with Crippen LogP contribution in [0.3, 0.4) is 0 Å². The molecule has 0 amide bonds. The Morgan fingerprint density at radius 1 is 0.478 bits per heavy atom. The van der Waals surface area contributed by atoms with Gasteiger partial charge in [0.1, 0.15) is 0 Å². The molecule has 3 aliphatic carbocycles. The van der Waals surface area contributed by atoms with Crippen molar-refractivity contribution in [3.8, 4) is 22.3 Å². The van der Waals surface area contributed by atoms with Crippen molar-refractivity contribution in [2.45, 2.75) is 194 Å². The topological polar surface area (TPSA) is 15.3 Å². The van der Waals surface area contributed by atoms with E-state index in [2.05, 4.69) is 210 Å². The SMILES string of the molecule is CCCCCc1cc(-c2cc3c(cc2Nc2ccc(-c4ccccc4)cc2)C(C)(C)CCC3(C)C)c2c(c1)N(c1cc3c(cc1C)C(C)(C)CCC3(C)C)c1cc3c(cc1B2)C(C)(C)CCC3(C)C. The molecule has 0 atom stereocenters. The minimum absolute atomic E-state index is 0.0607. The minimum Gasteiger partial charge on any atom is -0.355 e. The summed E-state index contributed by atoms with van der Waals surface area (Å²) < 4.78 is 0. The van der Waals surface area contributed by atoms with Gasteiger partial charge in [0.2, 0.25) is 0 Å². The molecular weight excluding hydrogens is 832 g/mol. The Hall–Kier alpha value is -5.02. The normalized spacial score (nSPS) is 19.5. The number of benzene rings is 6. The van der Waals surface area contributed by atoms with Crippen LogP contribution < -0.4 is 21.1 Å². The predicted octanol–water partition coefficient (Wildman–Crippen LogP) is 17.0. The summed E-state index contributed by atoms with van der Waals surface area (Å²) in [5, 5.41) is 4.11. The Kier molecular flexibility index (Phi) is 11.6. The van der Waals surface area contributed by atoms with Gasteiger partial charge < -0.3 is 10.2 Å². The largest absolute Gasteiger partial charge is 0.355 e. The molecule has 1 N–H and O–H groups in total. The maximum absolute atomic E-state index is 4.11. The predicted molar refractivity (Wildman–Crippen MR) is 302 cm³/mol. The first-order chi connectivity index (χ1) is 32.5. The third-order valence-corrected chi connectivity index (χ3v) is 18.2. The van der Waals surface area contributed by atoms with Gasteiger partial charge in [0.25, 0.3) is 0 Å². The molecule has 0 saturated heterocycles. The van der Waals surface area contributed by atoms with Crippen LogP contribution in [0.5, 0.6) is 0 Å². The fourth-order valence-electron chi connectivity index (χ4n) is 13.1. The first-order valence-corrected chi connectivity index (χ1v) is 26.9. The molecule has 3 heteroatoms. The van der Waals surface area contributed by atoms with Crippen LogP contribution in [0.25, 0.3) is 22.3 Å². The number of fused-ring (bicyclic) bond motifs is 5. The van der Waals surface area contributed by atoms with Crippen LogP contribution in [-0.4, -0.2) is 7.28 Å². The lowest BCUT2D eigenvalue weighted by Crippen LogP contribution is -2.44. The Morgan fingerprint density at radius 3 is 1.54 bits per heavy atom. The van der Waals surface area contributed by atoms with Gasteiger partial charge in [0.05, 0.1) is 0 Å². The quantitative estimate of drug-likeness (QED) is 0.115. The van der Waals surface area contributed by atoms with Gasteiger partial charge in [-0.2, -0.15) is 0 Å². The first-order valence-electron chi connectivity index (χ1n) is 26.9. The zero-order valence-corrected chi connectivity index (χ0v) is 45.0. The summed E-state index contributed by atoms with van der Waals surface area (Å²) in [7, 11) is 0.898. The number of anilines is 5. The zero-order chi connectivity index (χ0) is 49.1. The lowest BCUT2D eigenvalue weighted by Gasteiger charge is -2.46. The lowest BCUT2D eigenvalue weighted by atomic mass is 9.54. The first kappa shape index (κ1) is 47.7. The number of hydrogen-bond donors (Lipinski definition) is 1. The van der Waals surface area contributed by atoms with Crippen LogP contribution in [0.1, 0.15) is 192 Å². The van der Waals surface area contributed by atoms with Crippen molar-refractivity contribution in [2.24, 2.45) is 0 Å². The van der Waals surface area contributed by atoms with Crippen molar-refractivity contribution in [2.75, 3.05) is 10.2 Å². The second kappa shape index (κ2) is 16.8. The second-order valence-corrected chi connectivity index (χ2v) is 26.1. The summed E-state index contributed by atoms with van der Waals surface area (Å²) in [6.07, 6.45) is 11.9. The number of nitrogens with zero attached hydrogens (tertiary/aromatic N) is 1. The van der Waals surface area contributed by atoms with E-state index in [0.29, 0.717) is 0 Å². The fraction of sp³-hybridized carbons (Fsp3) is 0.455. The Labute approximate surface area is 418 Å². The average Bonchev–Trinajstić information content (AvgIpc) is 3.30. The maximum Gasteiger partial charge on any atom is 0.198 e. The van der Waals surface area contributed by atoms with Crippen LogP contribution in [0, 0.1) is 6.92 Å². The lowest BCUT2D eigenvalue weighted by molar-refractivity contribution is 0.331. The van der Waals surface area contributed by atoms with E-state index in [1.54, 1.807) is 5.56 Å². The molecular formula is C66H81BN2. The highest BCUT2D eigenvalue weighted by molar-refractivity contribution is 6.73. The Balaban J connectivity index is 1.26. The van der Waals surface area contributed by atoms with E-state index in [9.17, 15) is 0 Å². The molecule has 0 fully saturated rings. The standard InChI is InChI=1S/C66H81BN2/c1-15-16-18-21-43-35-48(47-37-50-52(64(9,10)31-29-62(50,5)6)39-56(47)68-46-26-24-45(25-27-46)44-22-19-17-20-23-44)60-59(36-43)69(57-40-53-49(34-42(57)2)61(3,4)28-32-65(53,11)12)58-41-54-51(38-55(58)67-60)63(7,8)30-33-66(54,13)14/h17,19-20,22-27,34-41,67-68H,15-16,18,21,28-33H2,1-14H3. The summed E-state index contributed by atoms with van der Waals surface area (Å²) in [6, 6.07) is 40.9. The minimum atomic E-state index is 0.0607. The van der Waals surface area contributed by atoms with E-state index in [1.165, 1.54) is 153 Å². The molecule has 10 rings (SSSR count). The van der Waals surface area contributed by atoms with Gasteiger partial charge in [0.15, 0.2) is 7.28 Å². The molecule has 69 heavy (non-hydrogen) atoms. The van der Waals surface area contributed by atoms with E-state index in [4.69, 9.17) is 0 Å². The van der Waals surface area contributed by atoms with Crippen molar-refractivity contribution in [1.29, 1.82) is 0 Å². The molecule has 0 radical (unpaired) electrons. The van der Waals surface area contributed by atoms with Gasteiger partial charge in [-0.05, 0) is 200 Å². The van der Waals surface area contributed by atoms with Crippen LogP contribution in [-0.2, 0) is 38.9 Å². The number of rotatable bonds is 9. The summed E-state index contributed by atoms with van der Waals surface area (Å²) in [5.41, 5.74) is 27.0. The molecule has 1 aliphatic heterocycles. The summed E-state index contributed by atoms with van der Waals surface area (Å²) in [6.45, 7) is 34.6. The zero-order valence-electron chi connectivity index (χ0n) is 45.0. The van der Waals surface area contributed by atoms with E-state index in [1.807, 2.05) is 0 Å². The van der Waals surface area contributed by atoms with Crippen LogP contribution in [0.15, 0.2) is 103 Å². The molecule has 4 aliphatic rings. The smallest absolute Gasteiger partial charge is 0.198 e. The van der Waals surface area contributed by atoms with Crippen molar-refractivity contribution in [1.82, 2.24) is 0 Å². The van der Waals surface area contributed by atoms with Crippen molar-refractivity contribution >= 4 is 46.6 Å². The van der Waals surface area contributed by atoms with Crippen LogP contribution in [0.4, 0.5) is 28.4 Å². The van der Waals surface area contributed by atoms with Crippen molar-refractivity contribution in [3.63, 3.8) is 0 Å². The highest BCUT2D eigenvalue weighted by Gasteiger charge is 2.43. The number of hydrogen-bond acceptors (Lipinski definition) is 2. The van der Waals surface area contributed by atoms with E-state index < -0.39 is 0 Å². The van der Waals surface area contributed by atoms with Gasteiger partial charge >= 0.3 is 0 Å².